The molecule has 1 aliphatic rings. The molecule has 0 fully saturated rings. The number of carbonyl (C=O) groups excluding carboxylic acids is 1. The van der Waals surface area contributed by atoms with Crippen LogP contribution in [0.2, 0.25) is 0 Å². The molecular formula is C20H19N3O4. The number of ether oxygens (including phenoxy) is 2. The summed E-state index contributed by atoms with van der Waals surface area (Å²) in [6, 6.07) is 12.8. The molecule has 2 aromatic carbocycles. The maximum Gasteiger partial charge on any atom is 0.226 e. The third kappa shape index (κ3) is 2.97. The first kappa shape index (κ1) is 17.0. The minimum Gasteiger partial charge on any atom is -0.504 e. The topological polar surface area (TPSA) is 85.6 Å². The highest BCUT2D eigenvalue weighted by Crippen LogP contribution is 2.40. The molecule has 2 N–H and O–H groups in total. The van der Waals surface area contributed by atoms with Crippen molar-refractivity contribution in [1.29, 1.82) is 0 Å². The summed E-state index contributed by atoms with van der Waals surface area (Å²) in [5.74, 6) is 1.37. The van der Waals surface area contributed by atoms with Gasteiger partial charge in [0.1, 0.15) is 12.1 Å². The molecule has 138 valence electrons. The van der Waals surface area contributed by atoms with Crippen LogP contribution in [0.15, 0.2) is 48.8 Å². The normalized spacial score (nSPS) is 15.8. The van der Waals surface area contributed by atoms with Crippen molar-refractivity contribution >= 4 is 11.7 Å². The van der Waals surface area contributed by atoms with Gasteiger partial charge in [0.2, 0.25) is 5.91 Å². The van der Waals surface area contributed by atoms with Gasteiger partial charge < -0.3 is 24.5 Å². The van der Waals surface area contributed by atoms with Gasteiger partial charge in [-0.15, -0.1) is 0 Å². The Kier molecular flexibility index (Phi) is 4.19. The molecule has 0 saturated heterocycles. The summed E-state index contributed by atoms with van der Waals surface area (Å²) in [7, 11) is 3.12. The van der Waals surface area contributed by atoms with Gasteiger partial charge in [0, 0.05) is 18.4 Å². The van der Waals surface area contributed by atoms with Crippen molar-refractivity contribution in [3.05, 3.63) is 60.0 Å². The number of rotatable bonds is 4. The summed E-state index contributed by atoms with van der Waals surface area (Å²) in [4.78, 5) is 16.6. The van der Waals surface area contributed by atoms with E-state index < -0.39 is 0 Å². The fourth-order valence-electron chi connectivity index (χ4n) is 3.41. The zero-order valence-electron chi connectivity index (χ0n) is 15.0. The van der Waals surface area contributed by atoms with Crippen LogP contribution >= 0.6 is 0 Å². The average molecular weight is 365 g/mol. The zero-order valence-corrected chi connectivity index (χ0v) is 15.0. The van der Waals surface area contributed by atoms with E-state index in [9.17, 15) is 9.90 Å². The first-order valence-corrected chi connectivity index (χ1v) is 8.49. The molecule has 27 heavy (non-hydrogen) atoms. The molecule has 4 rings (SSSR count). The van der Waals surface area contributed by atoms with Gasteiger partial charge in [0.15, 0.2) is 17.3 Å². The van der Waals surface area contributed by atoms with Crippen LogP contribution in [-0.4, -0.2) is 34.8 Å². The van der Waals surface area contributed by atoms with Crippen LogP contribution in [0.25, 0.3) is 5.69 Å². The molecule has 1 aromatic heterocycles. The molecule has 0 unspecified atom stereocenters. The quantitative estimate of drug-likeness (QED) is 0.742. The van der Waals surface area contributed by atoms with Crippen molar-refractivity contribution in [2.45, 2.75) is 12.3 Å². The monoisotopic (exact) mass is 365 g/mol. The smallest absolute Gasteiger partial charge is 0.226 e. The molecular weight excluding hydrogens is 346 g/mol. The van der Waals surface area contributed by atoms with E-state index in [1.807, 2.05) is 28.8 Å². The number of carbonyl (C=O) groups is 1. The number of methoxy groups -OCH3 is 2. The summed E-state index contributed by atoms with van der Waals surface area (Å²) in [6.07, 6.45) is 1.96. The lowest BCUT2D eigenvalue weighted by atomic mass is 9.89. The number of nitrogens with zero attached hydrogens (tertiary/aromatic N) is 2. The van der Waals surface area contributed by atoms with E-state index in [0.29, 0.717) is 11.6 Å². The maximum atomic E-state index is 12.2. The Morgan fingerprint density at radius 2 is 2.04 bits per heavy atom. The lowest BCUT2D eigenvalue weighted by Crippen LogP contribution is -2.25. The molecule has 1 amide bonds. The Hall–Kier alpha value is -3.48. The van der Waals surface area contributed by atoms with Crippen LogP contribution in [-0.2, 0) is 4.79 Å². The molecule has 0 saturated carbocycles. The highest BCUT2D eigenvalue weighted by atomic mass is 16.5. The third-order valence-electron chi connectivity index (χ3n) is 4.72. The molecule has 2 heterocycles. The van der Waals surface area contributed by atoms with Crippen LogP contribution in [0.4, 0.5) is 5.82 Å². The van der Waals surface area contributed by atoms with Crippen molar-refractivity contribution in [1.82, 2.24) is 9.55 Å². The van der Waals surface area contributed by atoms with Crippen LogP contribution in [0.5, 0.6) is 17.2 Å². The van der Waals surface area contributed by atoms with E-state index in [1.54, 1.807) is 31.6 Å². The number of phenols is 1. The van der Waals surface area contributed by atoms with E-state index in [-0.39, 0.29) is 24.0 Å². The van der Waals surface area contributed by atoms with Gasteiger partial charge in [-0.1, -0.05) is 12.1 Å². The Labute approximate surface area is 156 Å². The van der Waals surface area contributed by atoms with Crippen LogP contribution in [0, 0.1) is 0 Å². The fraction of sp³-hybridized carbons (Fsp3) is 0.200. The first-order valence-electron chi connectivity index (χ1n) is 8.49. The number of nitrogens with one attached hydrogen (secondary N) is 1. The van der Waals surface area contributed by atoms with Crippen molar-refractivity contribution < 1.29 is 19.4 Å². The number of hydrogen-bond donors (Lipinski definition) is 2. The number of imidazole rings is 1. The Bertz CT molecular complexity index is 1010. The van der Waals surface area contributed by atoms with Gasteiger partial charge in [0.05, 0.1) is 25.6 Å². The lowest BCUT2D eigenvalue weighted by Gasteiger charge is -2.25. The fourth-order valence-corrected chi connectivity index (χ4v) is 3.41. The number of benzene rings is 2. The van der Waals surface area contributed by atoms with E-state index in [1.165, 1.54) is 7.11 Å². The lowest BCUT2D eigenvalue weighted by molar-refractivity contribution is -0.116. The summed E-state index contributed by atoms with van der Waals surface area (Å²) in [5, 5.41) is 12.7. The number of aromatic hydroxyl groups is 1. The molecule has 0 spiro atoms. The Morgan fingerprint density at radius 1 is 1.19 bits per heavy atom. The van der Waals surface area contributed by atoms with Gasteiger partial charge in [-0.05, 0) is 29.8 Å². The number of anilines is 1. The van der Waals surface area contributed by atoms with E-state index >= 15 is 0 Å². The highest BCUT2D eigenvalue weighted by Gasteiger charge is 2.31. The van der Waals surface area contributed by atoms with Gasteiger partial charge in [-0.25, -0.2) is 4.98 Å². The Morgan fingerprint density at radius 3 is 2.81 bits per heavy atom. The molecule has 1 aliphatic heterocycles. The van der Waals surface area contributed by atoms with E-state index in [2.05, 4.69) is 10.3 Å². The maximum absolute atomic E-state index is 12.2. The summed E-state index contributed by atoms with van der Waals surface area (Å²) >= 11 is 0. The molecule has 7 nitrogen and oxygen atoms in total. The number of fused-ring (bicyclic) bond motifs is 1. The van der Waals surface area contributed by atoms with E-state index in [0.717, 1.165) is 22.7 Å². The van der Waals surface area contributed by atoms with Gasteiger partial charge in [-0.2, -0.15) is 0 Å². The van der Waals surface area contributed by atoms with Crippen LogP contribution < -0.4 is 14.8 Å². The molecule has 3 aromatic rings. The predicted molar refractivity (Wildman–Crippen MR) is 99.9 cm³/mol. The van der Waals surface area contributed by atoms with Crippen molar-refractivity contribution in [2.24, 2.45) is 0 Å². The second-order valence-corrected chi connectivity index (χ2v) is 6.29. The molecule has 7 heteroatoms. The SMILES string of the molecule is COc1cccc(-n2cnc3c2[C@@H](c2ccc(O)c(OC)c2)CC(=O)N3)c1. The summed E-state index contributed by atoms with van der Waals surface area (Å²) in [5.41, 5.74) is 2.62. The number of amides is 1. The summed E-state index contributed by atoms with van der Waals surface area (Å²) in [6.45, 7) is 0. The highest BCUT2D eigenvalue weighted by molar-refractivity contribution is 5.94. The largest absolute Gasteiger partial charge is 0.504 e. The molecule has 0 bridgehead atoms. The van der Waals surface area contributed by atoms with Crippen molar-refractivity contribution in [3.63, 3.8) is 0 Å². The van der Waals surface area contributed by atoms with Crippen LogP contribution in [0.1, 0.15) is 23.6 Å². The van der Waals surface area contributed by atoms with Gasteiger partial charge >= 0.3 is 0 Å². The minimum atomic E-state index is -0.225. The standard InChI is InChI=1S/C20H19N3O4/c1-26-14-5-3-4-13(9-14)23-11-21-20-19(23)15(10-18(25)22-20)12-6-7-16(24)17(8-12)27-2/h3-9,11,15,24H,10H2,1-2H3,(H,22,25)/t15-/m1/s1. The number of hydrogen-bond acceptors (Lipinski definition) is 5. The second kappa shape index (κ2) is 6.68. The zero-order chi connectivity index (χ0) is 19.0. The second-order valence-electron chi connectivity index (χ2n) is 6.29. The van der Waals surface area contributed by atoms with Gasteiger partial charge in [-0.3, -0.25) is 4.79 Å². The third-order valence-corrected chi connectivity index (χ3v) is 4.72. The average Bonchev–Trinajstić information content (AvgIpc) is 3.11. The van der Waals surface area contributed by atoms with Crippen LogP contribution in [0.3, 0.4) is 0 Å². The minimum absolute atomic E-state index is 0.0584. The van der Waals surface area contributed by atoms with Crippen molar-refractivity contribution in [3.8, 4) is 22.9 Å². The first-order chi connectivity index (χ1) is 13.1. The van der Waals surface area contributed by atoms with E-state index in [4.69, 9.17) is 9.47 Å². The van der Waals surface area contributed by atoms with Gasteiger partial charge in [0.25, 0.3) is 0 Å². The van der Waals surface area contributed by atoms with Crippen molar-refractivity contribution in [2.75, 3.05) is 19.5 Å². The molecule has 1 atom stereocenters. The summed E-state index contributed by atoms with van der Waals surface area (Å²) < 4.78 is 12.5. The number of phenolic OH excluding ortho intramolecular Hbond substituents is 1. The molecule has 0 aliphatic carbocycles. The Balaban J connectivity index is 1.85. The number of aromatic nitrogens is 2. The predicted octanol–water partition coefficient (Wildman–Crippen LogP) is 3.07. The molecule has 0 radical (unpaired) electrons.